The molecule has 23 heavy (non-hydrogen) atoms. The first-order valence-electron chi connectivity index (χ1n) is 7.74. The Labute approximate surface area is 142 Å². The monoisotopic (exact) mass is 331 g/mol. The van der Waals surface area contributed by atoms with E-state index in [4.69, 9.17) is 16.3 Å². The van der Waals surface area contributed by atoms with Crippen molar-refractivity contribution < 1.29 is 9.53 Å². The molecule has 0 bridgehead atoms. The maximum Gasteiger partial charge on any atom is 0.224 e. The Hall–Kier alpha value is -2.00. The molecule has 0 aliphatic rings. The van der Waals surface area contributed by atoms with Crippen molar-refractivity contribution in [1.29, 1.82) is 0 Å². The summed E-state index contributed by atoms with van der Waals surface area (Å²) >= 11 is 6.11. The molecule has 1 N–H and O–H groups in total. The lowest BCUT2D eigenvalue weighted by Crippen LogP contribution is -2.26. The van der Waals surface area contributed by atoms with Gasteiger partial charge in [0.25, 0.3) is 0 Å². The Morgan fingerprint density at radius 1 is 1.22 bits per heavy atom. The molecule has 0 saturated heterocycles. The molecule has 0 atom stereocenters. The Balaban J connectivity index is 1.75. The quantitative estimate of drug-likeness (QED) is 0.780. The van der Waals surface area contributed by atoms with Crippen molar-refractivity contribution in [1.82, 2.24) is 5.32 Å². The van der Waals surface area contributed by atoms with Crippen molar-refractivity contribution in [3.8, 4) is 5.75 Å². The molecule has 0 aliphatic heterocycles. The summed E-state index contributed by atoms with van der Waals surface area (Å²) in [6.07, 6.45) is 2.12. The number of amides is 1. The van der Waals surface area contributed by atoms with E-state index in [1.54, 1.807) is 7.11 Å². The molecule has 0 aromatic heterocycles. The zero-order chi connectivity index (χ0) is 16.7. The molecule has 0 heterocycles. The first-order chi connectivity index (χ1) is 11.1. The van der Waals surface area contributed by atoms with Gasteiger partial charge in [-0.2, -0.15) is 0 Å². The van der Waals surface area contributed by atoms with Gasteiger partial charge in [-0.15, -0.1) is 0 Å². The maximum absolute atomic E-state index is 12.0. The van der Waals surface area contributed by atoms with Gasteiger partial charge in [-0.3, -0.25) is 4.79 Å². The number of benzene rings is 2. The molecule has 2 aromatic carbocycles. The van der Waals surface area contributed by atoms with E-state index < -0.39 is 0 Å². The van der Waals surface area contributed by atoms with Crippen LogP contribution in [0, 0.1) is 6.92 Å². The van der Waals surface area contributed by atoms with Crippen LogP contribution in [0.15, 0.2) is 42.5 Å². The predicted octanol–water partition coefficient (Wildman–Crippen LogP) is 3.95. The van der Waals surface area contributed by atoms with Crippen LogP contribution in [0.4, 0.5) is 0 Å². The number of methoxy groups -OCH3 is 1. The van der Waals surface area contributed by atoms with Gasteiger partial charge in [-0.1, -0.05) is 41.9 Å². The van der Waals surface area contributed by atoms with Gasteiger partial charge in [0.15, 0.2) is 0 Å². The number of aryl methyl sites for hydroxylation is 2. The van der Waals surface area contributed by atoms with Crippen molar-refractivity contribution in [2.75, 3.05) is 13.7 Å². The van der Waals surface area contributed by atoms with Crippen LogP contribution in [-0.2, 0) is 17.6 Å². The number of ether oxygens (including phenoxy) is 1. The second-order valence-corrected chi connectivity index (χ2v) is 5.93. The minimum Gasteiger partial charge on any atom is -0.496 e. The van der Waals surface area contributed by atoms with Gasteiger partial charge < -0.3 is 10.1 Å². The fourth-order valence-corrected chi connectivity index (χ4v) is 2.74. The average molecular weight is 332 g/mol. The van der Waals surface area contributed by atoms with E-state index >= 15 is 0 Å². The first-order valence-corrected chi connectivity index (χ1v) is 8.11. The molecule has 1 amide bonds. The Morgan fingerprint density at radius 2 is 2.00 bits per heavy atom. The molecular weight excluding hydrogens is 310 g/mol. The molecular formula is C19H22ClNO2. The SMILES string of the molecule is COc1ccc(CC(=O)NCCCc2ccccc2Cl)cc1C. The highest BCUT2D eigenvalue weighted by atomic mass is 35.5. The van der Waals surface area contributed by atoms with Crippen LogP contribution < -0.4 is 10.1 Å². The number of carbonyl (C=O) groups excluding carboxylic acids is 1. The van der Waals surface area contributed by atoms with Gasteiger partial charge in [0, 0.05) is 11.6 Å². The van der Waals surface area contributed by atoms with Gasteiger partial charge in [0.2, 0.25) is 5.91 Å². The lowest BCUT2D eigenvalue weighted by Gasteiger charge is -2.09. The van der Waals surface area contributed by atoms with Crippen LogP contribution in [-0.4, -0.2) is 19.6 Å². The van der Waals surface area contributed by atoms with E-state index in [0.29, 0.717) is 13.0 Å². The fourth-order valence-electron chi connectivity index (χ4n) is 2.51. The Kier molecular flexibility index (Phi) is 6.48. The van der Waals surface area contributed by atoms with Crippen LogP contribution in [0.1, 0.15) is 23.1 Å². The molecule has 0 aliphatic carbocycles. The van der Waals surface area contributed by atoms with Crippen molar-refractivity contribution in [3.63, 3.8) is 0 Å². The van der Waals surface area contributed by atoms with E-state index in [-0.39, 0.29) is 5.91 Å². The van der Waals surface area contributed by atoms with Crippen LogP contribution in [0.25, 0.3) is 0 Å². The fraction of sp³-hybridized carbons (Fsp3) is 0.316. The summed E-state index contributed by atoms with van der Waals surface area (Å²) in [5, 5.41) is 3.74. The highest BCUT2D eigenvalue weighted by molar-refractivity contribution is 6.31. The summed E-state index contributed by atoms with van der Waals surface area (Å²) < 4.78 is 5.22. The van der Waals surface area contributed by atoms with Crippen molar-refractivity contribution in [2.24, 2.45) is 0 Å². The zero-order valence-corrected chi connectivity index (χ0v) is 14.3. The summed E-state index contributed by atoms with van der Waals surface area (Å²) in [5.41, 5.74) is 3.15. The van der Waals surface area contributed by atoms with Gasteiger partial charge in [-0.05, 0) is 48.6 Å². The summed E-state index contributed by atoms with van der Waals surface area (Å²) in [7, 11) is 1.65. The number of rotatable bonds is 7. The van der Waals surface area contributed by atoms with E-state index in [9.17, 15) is 4.79 Å². The summed E-state index contributed by atoms with van der Waals surface area (Å²) in [4.78, 5) is 12.0. The standard InChI is InChI=1S/C19H22ClNO2/c1-14-12-15(9-10-18(14)23-2)13-19(22)21-11-5-7-16-6-3-4-8-17(16)20/h3-4,6,8-10,12H,5,7,11,13H2,1-2H3,(H,21,22). The number of carbonyl (C=O) groups is 1. The first kappa shape index (κ1) is 17.4. The second-order valence-electron chi connectivity index (χ2n) is 5.53. The molecule has 0 unspecified atom stereocenters. The second kappa shape index (κ2) is 8.59. The van der Waals surface area contributed by atoms with Crippen LogP contribution in [0.2, 0.25) is 5.02 Å². The van der Waals surface area contributed by atoms with Gasteiger partial charge in [0.05, 0.1) is 13.5 Å². The zero-order valence-electron chi connectivity index (χ0n) is 13.6. The molecule has 0 radical (unpaired) electrons. The maximum atomic E-state index is 12.0. The number of hydrogen-bond acceptors (Lipinski definition) is 2. The molecule has 3 nitrogen and oxygen atoms in total. The Morgan fingerprint density at radius 3 is 2.70 bits per heavy atom. The molecule has 0 saturated carbocycles. The van der Waals surface area contributed by atoms with Crippen molar-refractivity contribution in [2.45, 2.75) is 26.2 Å². The average Bonchev–Trinajstić information content (AvgIpc) is 2.53. The highest BCUT2D eigenvalue weighted by Crippen LogP contribution is 2.19. The number of halogens is 1. The molecule has 2 rings (SSSR count). The number of nitrogens with one attached hydrogen (secondary N) is 1. The van der Waals surface area contributed by atoms with Crippen molar-refractivity contribution in [3.05, 3.63) is 64.2 Å². The topological polar surface area (TPSA) is 38.3 Å². The third-order valence-electron chi connectivity index (χ3n) is 3.73. The normalized spacial score (nSPS) is 10.4. The predicted molar refractivity (Wildman–Crippen MR) is 94.2 cm³/mol. The smallest absolute Gasteiger partial charge is 0.224 e. The molecule has 0 spiro atoms. The van der Waals surface area contributed by atoms with Crippen LogP contribution in [0.5, 0.6) is 5.75 Å². The lowest BCUT2D eigenvalue weighted by atomic mass is 10.1. The van der Waals surface area contributed by atoms with E-state index in [1.165, 1.54) is 0 Å². The highest BCUT2D eigenvalue weighted by Gasteiger charge is 2.06. The minimum atomic E-state index is 0.0359. The van der Waals surface area contributed by atoms with Gasteiger partial charge in [-0.25, -0.2) is 0 Å². The molecule has 122 valence electrons. The van der Waals surface area contributed by atoms with E-state index in [0.717, 1.165) is 40.3 Å². The van der Waals surface area contributed by atoms with Crippen LogP contribution >= 0.6 is 11.6 Å². The summed E-state index contributed by atoms with van der Waals surface area (Å²) in [6.45, 7) is 2.63. The third kappa shape index (κ3) is 5.29. The molecule has 0 fully saturated rings. The van der Waals surface area contributed by atoms with Crippen LogP contribution in [0.3, 0.4) is 0 Å². The van der Waals surface area contributed by atoms with E-state index in [2.05, 4.69) is 5.32 Å². The lowest BCUT2D eigenvalue weighted by molar-refractivity contribution is -0.120. The summed E-state index contributed by atoms with van der Waals surface area (Å²) in [6, 6.07) is 13.6. The largest absolute Gasteiger partial charge is 0.496 e. The number of hydrogen-bond donors (Lipinski definition) is 1. The Bertz CT molecular complexity index is 670. The minimum absolute atomic E-state index is 0.0359. The van der Waals surface area contributed by atoms with Gasteiger partial charge in [0.1, 0.15) is 5.75 Å². The third-order valence-corrected chi connectivity index (χ3v) is 4.10. The summed E-state index contributed by atoms with van der Waals surface area (Å²) in [5.74, 6) is 0.877. The van der Waals surface area contributed by atoms with E-state index in [1.807, 2.05) is 49.4 Å². The van der Waals surface area contributed by atoms with Crippen molar-refractivity contribution >= 4 is 17.5 Å². The van der Waals surface area contributed by atoms with Gasteiger partial charge >= 0.3 is 0 Å². The molecule has 2 aromatic rings. The molecule has 4 heteroatoms.